The molecule has 0 radical (unpaired) electrons. The Morgan fingerprint density at radius 1 is 1.29 bits per heavy atom. The van der Waals surface area contributed by atoms with Crippen LogP contribution in [0.1, 0.15) is 13.8 Å². The maximum atomic E-state index is 12.0. The molecule has 100 valence electrons. The Bertz CT molecular complexity index is 270. The van der Waals surface area contributed by atoms with E-state index in [1.54, 1.807) is 0 Å². The van der Waals surface area contributed by atoms with Gasteiger partial charge >= 0.3 is 12.2 Å². The number of hydrogen-bond acceptors (Lipinski definition) is 2. The first-order valence-electron chi connectivity index (χ1n) is 5.52. The van der Waals surface area contributed by atoms with E-state index in [0.29, 0.717) is 13.1 Å². The van der Waals surface area contributed by atoms with Gasteiger partial charge in [0.1, 0.15) is 6.54 Å². The molecule has 1 rings (SSSR count). The Hall–Kier alpha value is -0.980. The summed E-state index contributed by atoms with van der Waals surface area (Å²) in [5.74, 6) is 0. The van der Waals surface area contributed by atoms with Crippen LogP contribution in [0.5, 0.6) is 0 Å². The SMILES string of the molecule is CC1CN(C(=O)NCC(F)(F)F)CC(C)N1C. The smallest absolute Gasteiger partial charge is 0.329 e. The van der Waals surface area contributed by atoms with Crippen LogP contribution in [0, 0.1) is 0 Å². The van der Waals surface area contributed by atoms with Crippen molar-refractivity contribution in [2.45, 2.75) is 32.1 Å². The number of urea groups is 1. The van der Waals surface area contributed by atoms with Crippen LogP contribution in [-0.4, -0.2) is 60.8 Å². The normalized spacial score (nSPS) is 27.1. The Kier molecular flexibility index (Phi) is 4.24. The lowest BCUT2D eigenvalue weighted by molar-refractivity contribution is -0.123. The van der Waals surface area contributed by atoms with Gasteiger partial charge in [0, 0.05) is 25.2 Å². The maximum Gasteiger partial charge on any atom is 0.405 e. The summed E-state index contributed by atoms with van der Waals surface area (Å²) < 4.78 is 35.9. The van der Waals surface area contributed by atoms with E-state index in [-0.39, 0.29) is 12.1 Å². The second-order valence-electron chi connectivity index (χ2n) is 4.54. The molecule has 7 heteroatoms. The van der Waals surface area contributed by atoms with E-state index in [2.05, 4.69) is 4.90 Å². The van der Waals surface area contributed by atoms with Crippen molar-refractivity contribution in [2.24, 2.45) is 0 Å². The average molecular weight is 253 g/mol. The number of nitrogens with one attached hydrogen (secondary N) is 1. The molecular formula is C10H18F3N3O. The highest BCUT2D eigenvalue weighted by Gasteiger charge is 2.32. The van der Waals surface area contributed by atoms with E-state index >= 15 is 0 Å². The average Bonchev–Trinajstić information content (AvgIpc) is 2.20. The third-order valence-corrected chi connectivity index (χ3v) is 3.09. The molecule has 1 saturated heterocycles. The van der Waals surface area contributed by atoms with Gasteiger partial charge in [0.15, 0.2) is 0 Å². The Morgan fingerprint density at radius 2 is 1.76 bits per heavy atom. The Morgan fingerprint density at radius 3 is 2.18 bits per heavy atom. The number of halogens is 3. The van der Waals surface area contributed by atoms with Crippen molar-refractivity contribution < 1.29 is 18.0 Å². The molecule has 0 spiro atoms. The monoisotopic (exact) mass is 253 g/mol. The molecule has 0 aliphatic carbocycles. The first kappa shape index (κ1) is 14.1. The standard InChI is InChI=1S/C10H18F3N3O/c1-7-4-16(5-8(2)15(7)3)9(17)14-6-10(11,12)13/h7-8H,4-6H2,1-3H3,(H,14,17). The highest BCUT2D eigenvalue weighted by atomic mass is 19.4. The van der Waals surface area contributed by atoms with Crippen molar-refractivity contribution in [2.75, 3.05) is 26.7 Å². The fourth-order valence-electron chi connectivity index (χ4n) is 1.86. The second kappa shape index (κ2) is 5.12. The van der Waals surface area contributed by atoms with Crippen LogP contribution in [0.4, 0.5) is 18.0 Å². The van der Waals surface area contributed by atoms with Crippen LogP contribution in [-0.2, 0) is 0 Å². The van der Waals surface area contributed by atoms with E-state index in [0.717, 1.165) is 0 Å². The van der Waals surface area contributed by atoms with E-state index in [9.17, 15) is 18.0 Å². The van der Waals surface area contributed by atoms with Crippen LogP contribution in [0.3, 0.4) is 0 Å². The fraction of sp³-hybridized carbons (Fsp3) is 0.900. The Labute approximate surface area is 98.7 Å². The predicted octanol–water partition coefficient (Wildman–Crippen LogP) is 1.28. The third-order valence-electron chi connectivity index (χ3n) is 3.09. The van der Waals surface area contributed by atoms with Crippen molar-refractivity contribution >= 4 is 6.03 Å². The van der Waals surface area contributed by atoms with Crippen molar-refractivity contribution in [3.63, 3.8) is 0 Å². The molecular weight excluding hydrogens is 235 g/mol. The molecule has 0 aromatic rings. The summed E-state index contributed by atoms with van der Waals surface area (Å²) in [6, 6.07) is -0.347. The molecule has 1 fully saturated rings. The summed E-state index contributed by atoms with van der Waals surface area (Å²) in [7, 11) is 1.94. The van der Waals surface area contributed by atoms with E-state index in [1.807, 2.05) is 26.2 Å². The zero-order chi connectivity index (χ0) is 13.2. The largest absolute Gasteiger partial charge is 0.405 e. The molecule has 4 nitrogen and oxygen atoms in total. The molecule has 1 heterocycles. The minimum absolute atomic E-state index is 0.149. The molecule has 2 amide bonds. The minimum Gasteiger partial charge on any atom is -0.329 e. The molecule has 1 aliphatic heterocycles. The van der Waals surface area contributed by atoms with Gasteiger partial charge in [0.25, 0.3) is 0 Å². The molecule has 1 aliphatic rings. The number of hydrogen-bond donors (Lipinski definition) is 1. The van der Waals surface area contributed by atoms with Crippen LogP contribution >= 0.6 is 0 Å². The van der Waals surface area contributed by atoms with Crippen LogP contribution < -0.4 is 5.32 Å². The summed E-state index contributed by atoms with van der Waals surface area (Å²) in [5, 5.41) is 1.89. The molecule has 17 heavy (non-hydrogen) atoms. The molecule has 2 atom stereocenters. The van der Waals surface area contributed by atoms with Crippen molar-refractivity contribution in [3.8, 4) is 0 Å². The zero-order valence-electron chi connectivity index (χ0n) is 10.2. The maximum absolute atomic E-state index is 12.0. The first-order chi connectivity index (χ1) is 7.70. The summed E-state index contributed by atoms with van der Waals surface area (Å²) in [5.41, 5.74) is 0. The number of nitrogens with zero attached hydrogens (tertiary/aromatic N) is 2. The van der Waals surface area contributed by atoms with Crippen LogP contribution in [0.2, 0.25) is 0 Å². The Balaban J connectivity index is 2.48. The van der Waals surface area contributed by atoms with Gasteiger partial charge in [-0.3, -0.25) is 4.90 Å². The van der Waals surface area contributed by atoms with E-state index < -0.39 is 18.8 Å². The summed E-state index contributed by atoms with van der Waals surface area (Å²) in [4.78, 5) is 15.1. The van der Waals surface area contributed by atoms with Crippen LogP contribution in [0.15, 0.2) is 0 Å². The van der Waals surface area contributed by atoms with Gasteiger partial charge in [-0.15, -0.1) is 0 Å². The van der Waals surface area contributed by atoms with Gasteiger partial charge in [-0.2, -0.15) is 13.2 Å². The number of piperazine rings is 1. The molecule has 2 unspecified atom stereocenters. The summed E-state index contributed by atoms with van der Waals surface area (Å²) in [6.45, 7) is 3.51. The van der Waals surface area contributed by atoms with Gasteiger partial charge in [0.2, 0.25) is 0 Å². The lowest BCUT2D eigenvalue weighted by atomic mass is 10.1. The van der Waals surface area contributed by atoms with Gasteiger partial charge < -0.3 is 10.2 Å². The zero-order valence-corrected chi connectivity index (χ0v) is 10.2. The lowest BCUT2D eigenvalue weighted by Crippen LogP contribution is -2.58. The quantitative estimate of drug-likeness (QED) is 0.764. The number of carbonyl (C=O) groups excluding carboxylic acids is 1. The molecule has 0 aromatic heterocycles. The van der Waals surface area contributed by atoms with Gasteiger partial charge in [-0.05, 0) is 20.9 Å². The van der Waals surface area contributed by atoms with E-state index in [4.69, 9.17) is 0 Å². The number of amides is 2. The van der Waals surface area contributed by atoms with Crippen molar-refractivity contribution in [1.29, 1.82) is 0 Å². The highest BCUT2D eigenvalue weighted by Crippen LogP contribution is 2.15. The van der Waals surface area contributed by atoms with Crippen molar-refractivity contribution in [3.05, 3.63) is 0 Å². The topological polar surface area (TPSA) is 35.6 Å². The second-order valence-corrected chi connectivity index (χ2v) is 4.54. The number of likely N-dealkylation sites (N-methyl/N-ethyl adjacent to an activating group) is 1. The predicted molar refractivity (Wildman–Crippen MR) is 57.7 cm³/mol. The first-order valence-corrected chi connectivity index (χ1v) is 5.52. The van der Waals surface area contributed by atoms with Crippen molar-refractivity contribution in [1.82, 2.24) is 15.1 Å². The highest BCUT2D eigenvalue weighted by molar-refractivity contribution is 5.74. The minimum atomic E-state index is -4.36. The molecule has 0 saturated carbocycles. The fourth-order valence-corrected chi connectivity index (χ4v) is 1.86. The molecule has 1 N–H and O–H groups in total. The lowest BCUT2D eigenvalue weighted by Gasteiger charge is -2.42. The number of rotatable bonds is 1. The third kappa shape index (κ3) is 4.07. The molecule has 0 bridgehead atoms. The van der Waals surface area contributed by atoms with Gasteiger partial charge in [0.05, 0.1) is 0 Å². The van der Waals surface area contributed by atoms with Gasteiger partial charge in [-0.1, -0.05) is 0 Å². The summed E-state index contributed by atoms with van der Waals surface area (Å²) in [6.07, 6.45) is -4.36. The van der Waals surface area contributed by atoms with Gasteiger partial charge in [-0.25, -0.2) is 4.79 Å². The van der Waals surface area contributed by atoms with Crippen LogP contribution in [0.25, 0.3) is 0 Å². The number of carbonyl (C=O) groups is 1. The summed E-state index contributed by atoms with van der Waals surface area (Å²) >= 11 is 0. The van der Waals surface area contributed by atoms with E-state index in [1.165, 1.54) is 4.90 Å². The number of alkyl halides is 3. The molecule has 0 aromatic carbocycles.